The molecule has 0 saturated heterocycles. The van der Waals surface area contributed by atoms with Gasteiger partial charge < -0.3 is 27.9 Å². The number of carbonyl (C=O) groups excluding carboxylic acids is 2. The number of hydrogen-bond donors (Lipinski definition) is 0. The van der Waals surface area contributed by atoms with Crippen LogP contribution in [0.4, 0.5) is 0 Å². The van der Waals surface area contributed by atoms with E-state index < -0.39 is 32.5 Å². The summed E-state index contributed by atoms with van der Waals surface area (Å²) in [4.78, 5) is 38.9. The summed E-state index contributed by atoms with van der Waals surface area (Å²) in [7, 11) is 1.03. The van der Waals surface area contributed by atoms with Crippen molar-refractivity contribution in [2.24, 2.45) is 0 Å². The molecular weight excluding hydrogens is 750 g/mol. The lowest BCUT2D eigenvalue weighted by molar-refractivity contribution is -0.870. The summed E-state index contributed by atoms with van der Waals surface area (Å²) in [5.74, 6) is -1.02. The number of nitrogens with zero attached hydrogens (tertiary/aromatic N) is 1. The number of phosphoric ester groups is 1. The van der Waals surface area contributed by atoms with E-state index in [-0.39, 0.29) is 26.1 Å². The van der Waals surface area contributed by atoms with Gasteiger partial charge in [-0.3, -0.25) is 14.2 Å². The number of carbonyl (C=O) groups is 2. The molecule has 9 nitrogen and oxygen atoms in total. The van der Waals surface area contributed by atoms with Gasteiger partial charge in [-0.2, -0.15) is 0 Å². The number of likely N-dealkylation sites (N-methyl/N-ethyl adjacent to an activating group) is 1. The van der Waals surface area contributed by atoms with Crippen molar-refractivity contribution in [1.29, 1.82) is 0 Å². The first kappa shape index (κ1) is 39.7. The number of phosphoric acid groups is 1. The van der Waals surface area contributed by atoms with E-state index in [1.807, 2.05) is 21.1 Å². The first-order valence-electron chi connectivity index (χ1n) is 20.0. The Morgan fingerprint density at radius 1 is 0.603 bits per heavy atom. The molecule has 298 valence electrons. The average molecular weight is 798 g/mol. The minimum atomic E-state index is -4.72. The normalized spacial score (nSPS) is 13.9. The Morgan fingerprint density at radius 3 is 1.59 bits per heavy atom. The third kappa shape index (κ3) is 8.80. The maximum absolute atomic E-state index is 13.2. The van der Waals surface area contributed by atoms with E-state index in [4.69, 9.17) is 18.5 Å². The smallest absolute Gasteiger partial charge is 0.306 e. The molecule has 0 aromatic heterocycles. The van der Waals surface area contributed by atoms with Gasteiger partial charge in [0.1, 0.15) is 19.8 Å². The van der Waals surface area contributed by atoms with E-state index in [1.165, 1.54) is 48.5 Å². The van der Waals surface area contributed by atoms with Gasteiger partial charge >= 0.3 is 11.9 Å². The Balaban J connectivity index is 0.897. The van der Waals surface area contributed by atoms with Crippen molar-refractivity contribution in [2.45, 2.75) is 44.6 Å². The summed E-state index contributed by atoms with van der Waals surface area (Å²) in [6.45, 7) is -0.530. The van der Waals surface area contributed by atoms with Crippen molar-refractivity contribution in [1.82, 2.24) is 0 Å². The lowest BCUT2D eigenvalue weighted by Crippen LogP contribution is -2.37. The molecule has 0 radical (unpaired) electrons. The number of esters is 2. The molecule has 0 aliphatic carbocycles. The minimum absolute atomic E-state index is 0.0715. The zero-order valence-electron chi connectivity index (χ0n) is 33.2. The van der Waals surface area contributed by atoms with Crippen LogP contribution in [0, 0.1) is 0 Å². The second kappa shape index (κ2) is 16.6. The molecule has 8 aromatic rings. The number of ether oxygens (including phenoxy) is 2. The lowest BCUT2D eigenvalue weighted by Gasteiger charge is -2.28. The molecule has 0 spiro atoms. The van der Waals surface area contributed by atoms with Crippen LogP contribution in [0.5, 0.6) is 0 Å². The molecule has 58 heavy (non-hydrogen) atoms. The van der Waals surface area contributed by atoms with Gasteiger partial charge in [-0.1, -0.05) is 109 Å². The Hall–Kier alpha value is -5.15. The second-order valence-electron chi connectivity index (χ2n) is 16.3. The van der Waals surface area contributed by atoms with Gasteiger partial charge in [0.05, 0.1) is 27.7 Å². The van der Waals surface area contributed by atoms with E-state index >= 15 is 0 Å². The van der Waals surface area contributed by atoms with Gasteiger partial charge in [0.25, 0.3) is 7.82 Å². The van der Waals surface area contributed by atoms with Crippen LogP contribution < -0.4 is 4.89 Å². The summed E-state index contributed by atoms with van der Waals surface area (Å²) in [5.41, 5.74) is 2.29. The topological polar surface area (TPSA) is 111 Å². The standard InChI is InChI=1S/C48H48NO8P/c1-49(2,3)26-27-55-58(52,53)56-31-40(57-44(51)21-9-15-37-29-39-17-5-11-33-23-25-35-13-7-19-42(37)48(35)46(33)39)30-54-43(50)20-8-14-36-28-38-16-4-10-32-22-24-34-12-6-18-41(36)47(34)45(32)38/h4-7,10-13,16-19,22-25,28-29,40H,8-9,14-15,20-21,26-27,30-31H2,1-3H3/t40-/m1/s1. The van der Waals surface area contributed by atoms with Crippen LogP contribution in [-0.4, -0.2) is 70.0 Å². The first-order chi connectivity index (χ1) is 27.9. The van der Waals surface area contributed by atoms with Gasteiger partial charge in [0, 0.05) is 12.8 Å². The van der Waals surface area contributed by atoms with Crippen molar-refractivity contribution >= 4 is 84.4 Å². The fourth-order valence-corrected chi connectivity index (χ4v) is 8.92. The van der Waals surface area contributed by atoms with Crippen LogP contribution in [0.1, 0.15) is 36.8 Å². The highest BCUT2D eigenvalue weighted by atomic mass is 31.2. The van der Waals surface area contributed by atoms with E-state index in [2.05, 4.69) is 109 Å². The van der Waals surface area contributed by atoms with Crippen molar-refractivity contribution in [3.63, 3.8) is 0 Å². The largest absolute Gasteiger partial charge is 0.756 e. The van der Waals surface area contributed by atoms with Crippen molar-refractivity contribution in [3.05, 3.63) is 120 Å². The molecule has 0 saturated carbocycles. The van der Waals surface area contributed by atoms with E-state index in [0.29, 0.717) is 36.7 Å². The Kier molecular flexibility index (Phi) is 11.4. The van der Waals surface area contributed by atoms with Crippen LogP contribution >= 0.6 is 7.82 Å². The fourth-order valence-electron chi connectivity index (χ4n) is 8.19. The van der Waals surface area contributed by atoms with Gasteiger partial charge in [-0.25, -0.2) is 0 Å². The number of rotatable bonds is 18. The highest BCUT2D eigenvalue weighted by Gasteiger charge is 2.22. The van der Waals surface area contributed by atoms with Crippen molar-refractivity contribution in [3.8, 4) is 0 Å². The second-order valence-corrected chi connectivity index (χ2v) is 17.7. The maximum Gasteiger partial charge on any atom is 0.306 e. The highest BCUT2D eigenvalue weighted by molar-refractivity contribution is 7.45. The molecule has 8 aromatic carbocycles. The number of benzene rings is 8. The molecule has 2 atom stereocenters. The summed E-state index contributed by atoms with van der Waals surface area (Å²) >= 11 is 0. The van der Waals surface area contributed by atoms with Gasteiger partial charge in [-0.15, -0.1) is 0 Å². The summed E-state index contributed by atoms with van der Waals surface area (Å²) in [5, 5.41) is 14.3. The quantitative estimate of drug-likeness (QED) is 0.0366. The molecule has 0 fully saturated rings. The molecule has 1 unspecified atom stereocenters. The van der Waals surface area contributed by atoms with E-state index in [0.717, 1.165) is 27.3 Å². The number of hydrogen-bond acceptors (Lipinski definition) is 8. The van der Waals surface area contributed by atoms with Crippen LogP contribution in [0.15, 0.2) is 109 Å². The summed E-state index contributed by atoms with van der Waals surface area (Å²) in [6, 6.07) is 38.2. The Bertz CT molecular complexity index is 2790. The van der Waals surface area contributed by atoms with Gasteiger partial charge in [0.15, 0.2) is 6.10 Å². The first-order valence-corrected chi connectivity index (χ1v) is 21.4. The molecule has 0 heterocycles. The molecule has 0 aliphatic heterocycles. The lowest BCUT2D eigenvalue weighted by atomic mass is 9.90. The predicted molar refractivity (Wildman–Crippen MR) is 229 cm³/mol. The number of aryl methyl sites for hydroxylation is 2. The van der Waals surface area contributed by atoms with E-state index in [9.17, 15) is 19.0 Å². The third-order valence-corrected chi connectivity index (χ3v) is 12.0. The highest BCUT2D eigenvalue weighted by Crippen LogP contribution is 2.40. The Labute approximate surface area is 337 Å². The van der Waals surface area contributed by atoms with Crippen LogP contribution in [0.25, 0.3) is 64.6 Å². The number of quaternary nitrogens is 1. The Morgan fingerprint density at radius 2 is 1.07 bits per heavy atom. The van der Waals surface area contributed by atoms with Crippen molar-refractivity contribution < 1.29 is 42.1 Å². The van der Waals surface area contributed by atoms with Crippen LogP contribution in [0.2, 0.25) is 0 Å². The molecule has 0 bridgehead atoms. The molecule has 0 aliphatic rings. The monoisotopic (exact) mass is 797 g/mol. The third-order valence-electron chi connectivity index (χ3n) is 11.0. The molecule has 10 heteroatoms. The maximum atomic E-state index is 13.2. The zero-order valence-corrected chi connectivity index (χ0v) is 34.1. The summed E-state index contributed by atoms with van der Waals surface area (Å²) in [6.07, 6.45) is 1.41. The minimum Gasteiger partial charge on any atom is -0.756 e. The fraction of sp³-hybridized carbons (Fsp3) is 0.292. The van der Waals surface area contributed by atoms with Crippen LogP contribution in [-0.2, 0) is 45.5 Å². The van der Waals surface area contributed by atoms with Gasteiger partial charge in [0.2, 0.25) is 0 Å². The van der Waals surface area contributed by atoms with E-state index in [1.54, 1.807) is 0 Å². The molecular formula is C48H48NO8P. The zero-order chi connectivity index (χ0) is 40.4. The molecule has 0 amide bonds. The average Bonchev–Trinajstić information content (AvgIpc) is 3.20. The van der Waals surface area contributed by atoms with Crippen molar-refractivity contribution in [2.75, 3.05) is 47.5 Å². The predicted octanol–water partition coefficient (Wildman–Crippen LogP) is 9.49. The SMILES string of the molecule is C[N+](C)(C)CCOP(=O)([O-])OC[C@@H](COC(=O)CCCc1cc2cccc3ccc4cccc1c4c32)OC(=O)CCCc1cc2cccc3ccc4cccc1c4c32. The molecule has 0 N–H and O–H groups in total. The van der Waals surface area contributed by atoms with Crippen LogP contribution in [0.3, 0.4) is 0 Å². The molecule has 8 rings (SSSR count). The summed E-state index contributed by atoms with van der Waals surface area (Å²) < 4.78 is 34.6. The van der Waals surface area contributed by atoms with Gasteiger partial charge in [-0.05, 0) is 101 Å².